The molecule has 0 radical (unpaired) electrons. The van der Waals surface area contributed by atoms with Crippen molar-refractivity contribution in [3.8, 4) is 0 Å². The Morgan fingerprint density at radius 2 is 1.09 bits per heavy atom. The number of benzene rings is 1. The maximum absolute atomic E-state index is 12.8. The number of hydrogen-bond donors (Lipinski definition) is 0. The maximum atomic E-state index is 12.8. The zero-order valence-electron chi connectivity index (χ0n) is 20.8. The molecule has 0 aromatic heterocycles. The molecule has 0 N–H and O–H groups in total. The predicted molar refractivity (Wildman–Crippen MR) is 132 cm³/mol. The SMILES string of the molecule is CCCCCCCCCCCCCCCOC(=O)CCCC(=O)OCCc1ccc(F)cc1. The fraction of sp³-hybridized carbons (Fsp3) is 0.714. The lowest BCUT2D eigenvalue weighted by Crippen LogP contribution is -2.10. The Labute approximate surface area is 200 Å². The van der Waals surface area contributed by atoms with Gasteiger partial charge in [-0.25, -0.2) is 4.39 Å². The van der Waals surface area contributed by atoms with Crippen molar-refractivity contribution < 1.29 is 23.5 Å². The van der Waals surface area contributed by atoms with Crippen molar-refractivity contribution >= 4 is 11.9 Å². The highest BCUT2D eigenvalue weighted by Gasteiger charge is 2.07. The van der Waals surface area contributed by atoms with Gasteiger partial charge in [0.25, 0.3) is 0 Å². The van der Waals surface area contributed by atoms with E-state index < -0.39 is 0 Å². The van der Waals surface area contributed by atoms with Gasteiger partial charge in [0.1, 0.15) is 5.82 Å². The molecule has 0 amide bonds. The fourth-order valence-corrected chi connectivity index (χ4v) is 3.76. The summed E-state index contributed by atoms with van der Waals surface area (Å²) < 4.78 is 23.3. The number of ether oxygens (including phenoxy) is 2. The normalized spacial score (nSPS) is 10.8. The average molecular weight is 465 g/mol. The molecule has 0 bridgehead atoms. The molecule has 0 saturated heterocycles. The first-order valence-electron chi connectivity index (χ1n) is 13.2. The molecule has 0 unspecified atom stereocenters. The molecule has 4 nitrogen and oxygen atoms in total. The maximum Gasteiger partial charge on any atom is 0.305 e. The van der Waals surface area contributed by atoms with Crippen molar-refractivity contribution in [2.24, 2.45) is 0 Å². The van der Waals surface area contributed by atoms with E-state index in [1.54, 1.807) is 12.1 Å². The van der Waals surface area contributed by atoms with Gasteiger partial charge in [-0.3, -0.25) is 9.59 Å². The van der Waals surface area contributed by atoms with Crippen molar-refractivity contribution in [1.29, 1.82) is 0 Å². The number of unbranched alkanes of at least 4 members (excludes halogenated alkanes) is 12. The van der Waals surface area contributed by atoms with Gasteiger partial charge in [-0.15, -0.1) is 0 Å². The van der Waals surface area contributed by atoms with Gasteiger partial charge in [-0.05, 0) is 30.5 Å². The third-order valence-electron chi connectivity index (χ3n) is 5.84. The van der Waals surface area contributed by atoms with Gasteiger partial charge in [0.2, 0.25) is 0 Å². The molecule has 1 aromatic carbocycles. The van der Waals surface area contributed by atoms with Crippen molar-refractivity contribution in [2.75, 3.05) is 13.2 Å². The minimum Gasteiger partial charge on any atom is -0.466 e. The number of esters is 2. The fourth-order valence-electron chi connectivity index (χ4n) is 3.76. The molecule has 1 rings (SSSR count). The van der Waals surface area contributed by atoms with Gasteiger partial charge in [0, 0.05) is 19.3 Å². The molecule has 0 saturated carbocycles. The monoisotopic (exact) mass is 464 g/mol. The van der Waals surface area contributed by atoms with Crippen LogP contribution in [0.3, 0.4) is 0 Å². The van der Waals surface area contributed by atoms with E-state index in [-0.39, 0.29) is 37.2 Å². The van der Waals surface area contributed by atoms with Crippen molar-refractivity contribution in [1.82, 2.24) is 0 Å². The van der Waals surface area contributed by atoms with E-state index in [0.29, 0.717) is 19.4 Å². The van der Waals surface area contributed by atoms with Gasteiger partial charge in [0.15, 0.2) is 0 Å². The Hall–Kier alpha value is -1.91. The number of hydrogen-bond acceptors (Lipinski definition) is 4. The van der Waals surface area contributed by atoms with Crippen molar-refractivity contribution in [2.45, 2.75) is 116 Å². The van der Waals surface area contributed by atoms with Gasteiger partial charge in [-0.1, -0.05) is 96.1 Å². The zero-order chi connectivity index (χ0) is 24.0. The number of halogens is 1. The second-order valence-electron chi connectivity index (χ2n) is 8.91. The molecule has 0 aliphatic rings. The van der Waals surface area contributed by atoms with Gasteiger partial charge < -0.3 is 9.47 Å². The van der Waals surface area contributed by atoms with Crippen LogP contribution in [0.4, 0.5) is 4.39 Å². The molecule has 33 heavy (non-hydrogen) atoms. The standard InChI is InChI=1S/C28H45FO4/c1-2-3-4-5-6-7-8-9-10-11-12-13-14-23-32-27(30)16-15-17-28(31)33-24-22-25-18-20-26(29)21-19-25/h18-21H,2-17,22-24H2,1H3. The highest BCUT2D eigenvalue weighted by atomic mass is 19.1. The van der Waals surface area contributed by atoms with Crippen LogP contribution in [0.15, 0.2) is 24.3 Å². The summed E-state index contributed by atoms with van der Waals surface area (Å²) in [4.78, 5) is 23.5. The van der Waals surface area contributed by atoms with Crippen LogP contribution >= 0.6 is 0 Å². The second-order valence-corrected chi connectivity index (χ2v) is 8.91. The summed E-state index contributed by atoms with van der Waals surface area (Å²) in [5.41, 5.74) is 0.918. The van der Waals surface area contributed by atoms with E-state index >= 15 is 0 Å². The molecular weight excluding hydrogens is 419 g/mol. The third-order valence-corrected chi connectivity index (χ3v) is 5.84. The Bertz CT molecular complexity index is 615. The lowest BCUT2D eigenvalue weighted by Gasteiger charge is -2.06. The van der Waals surface area contributed by atoms with Gasteiger partial charge >= 0.3 is 11.9 Å². The molecule has 188 valence electrons. The third kappa shape index (κ3) is 18.2. The molecule has 0 aliphatic heterocycles. The van der Waals surface area contributed by atoms with E-state index in [2.05, 4.69) is 6.92 Å². The summed E-state index contributed by atoms with van der Waals surface area (Å²) in [7, 11) is 0. The van der Waals surface area contributed by atoms with Gasteiger partial charge in [-0.2, -0.15) is 0 Å². The quantitative estimate of drug-likeness (QED) is 0.138. The summed E-state index contributed by atoms with van der Waals surface area (Å²) in [6.07, 6.45) is 18.2. The topological polar surface area (TPSA) is 52.6 Å². The molecule has 0 heterocycles. The summed E-state index contributed by atoms with van der Waals surface area (Å²) in [5.74, 6) is -0.842. The van der Waals surface area contributed by atoms with E-state index in [1.165, 1.54) is 82.8 Å². The number of carbonyl (C=O) groups excluding carboxylic acids is 2. The van der Waals surface area contributed by atoms with E-state index in [4.69, 9.17) is 9.47 Å². The van der Waals surface area contributed by atoms with Crippen LogP contribution in [-0.2, 0) is 25.5 Å². The van der Waals surface area contributed by atoms with Crippen LogP contribution in [0.1, 0.15) is 115 Å². The van der Waals surface area contributed by atoms with Crippen LogP contribution in [0.5, 0.6) is 0 Å². The smallest absolute Gasteiger partial charge is 0.305 e. The molecule has 0 spiro atoms. The summed E-state index contributed by atoms with van der Waals surface area (Å²) in [6.45, 7) is 2.99. The Morgan fingerprint density at radius 3 is 1.61 bits per heavy atom. The van der Waals surface area contributed by atoms with E-state index in [9.17, 15) is 14.0 Å². The molecule has 5 heteroatoms. The Morgan fingerprint density at radius 1 is 0.636 bits per heavy atom. The van der Waals surface area contributed by atoms with Crippen LogP contribution in [-0.4, -0.2) is 25.2 Å². The number of rotatable bonds is 21. The first-order chi connectivity index (χ1) is 16.1. The molecule has 0 atom stereocenters. The summed E-state index contributed by atoms with van der Waals surface area (Å²) in [6, 6.07) is 6.13. The number of carbonyl (C=O) groups is 2. The summed E-state index contributed by atoms with van der Waals surface area (Å²) in [5, 5.41) is 0. The van der Waals surface area contributed by atoms with E-state index in [1.807, 2.05) is 0 Å². The average Bonchev–Trinajstić information content (AvgIpc) is 2.80. The van der Waals surface area contributed by atoms with Crippen LogP contribution in [0.25, 0.3) is 0 Å². The largest absolute Gasteiger partial charge is 0.466 e. The van der Waals surface area contributed by atoms with Crippen LogP contribution < -0.4 is 0 Å². The lowest BCUT2D eigenvalue weighted by molar-refractivity contribution is -0.145. The van der Waals surface area contributed by atoms with Crippen LogP contribution in [0, 0.1) is 5.82 Å². The highest BCUT2D eigenvalue weighted by molar-refractivity contribution is 5.72. The molecular formula is C28H45FO4. The first kappa shape index (κ1) is 29.1. The zero-order valence-corrected chi connectivity index (χ0v) is 20.8. The molecule has 0 aliphatic carbocycles. The van der Waals surface area contributed by atoms with Crippen molar-refractivity contribution in [3.63, 3.8) is 0 Å². The van der Waals surface area contributed by atoms with Crippen LogP contribution in [0.2, 0.25) is 0 Å². The highest BCUT2D eigenvalue weighted by Crippen LogP contribution is 2.12. The minimum absolute atomic E-state index is 0.206. The predicted octanol–water partition coefficient (Wildman–Crippen LogP) is 7.72. The van der Waals surface area contributed by atoms with E-state index in [0.717, 1.165) is 18.4 Å². The van der Waals surface area contributed by atoms with Gasteiger partial charge in [0.05, 0.1) is 13.2 Å². The molecule has 1 aromatic rings. The molecule has 0 fully saturated rings. The first-order valence-corrected chi connectivity index (χ1v) is 13.2. The minimum atomic E-state index is -0.318. The Balaban J connectivity index is 1.83. The Kier molecular flexibility index (Phi) is 18.2. The lowest BCUT2D eigenvalue weighted by atomic mass is 10.0. The second kappa shape index (κ2) is 20.7. The summed E-state index contributed by atoms with van der Waals surface area (Å²) >= 11 is 0. The van der Waals surface area contributed by atoms with Crippen molar-refractivity contribution in [3.05, 3.63) is 35.6 Å².